The second-order valence-electron chi connectivity index (χ2n) is 13.4. The zero-order valence-corrected chi connectivity index (χ0v) is 35.8. The van der Waals surface area contributed by atoms with Gasteiger partial charge in [0.1, 0.15) is 40.9 Å². The van der Waals surface area contributed by atoms with Gasteiger partial charge in [0.2, 0.25) is 0 Å². The van der Waals surface area contributed by atoms with E-state index in [0.29, 0.717) is 22.4 Å². The van der Waals surface area contributed by atoms with Crippen molar-refractivity contribution >= 4 is 34.8 Å². The molecular weight excluding hydrogens is 848 g/mol. The highest BCUT2D eigenvalue weighted by Crippen LogP contribution is 2.31. The highest BCUT2D eigenvalue weighted by atomic mass is 35.5. The summed E-state index contributed by atoms with van der Waals surface area (Å²) in [6.45, 7) is 13.9. The van der Waals surface area contributed by atoms with E-state index >= 15 is 0 Å². The molecule has 0 saturated heterocycles. The van der Waals surface area contributed by atoms with Crippen molar-refractivity contribution in [2.24, 2.45) is 0 Å². The summed E-state index contributed by atoms with van der Waals surface area (Å²) in [6, 6.07) is 6.89. The fourth-order valence-corrected chi connectivity index (χ4v) is 5.55. The van der Waals surface area contributed by atoms with Crippen molar-refractivity contribution in [3.8, 4) is 46.7 Å². The normalized spacial score (nSPS) is 10.6. The standard InChI is InChI=1S/C15H16ClFN2O2.C15H12ClFN2O2.C12H10ClFN2O2/c1-8(2)21-14-6-13(12(17)5-11(14)16)19-15(20)10(4)9(3)7-18-19;1-4-5-21-14-7-13(12(17)6-11(14)16)19-15(20)10(3)9(2)8-18-19;1-6-5-15-16(12(18)7(6)2)10-4-11(17)8(13)3-9(10)14/h5-8H,1-4H3;1,6-8H,5H2,2-3H3;3-5,17H,1-2H3. The Hall–Kier alpha value is -6.08. The van der Waals surface area contributed by atoms with Crippen LogP contribution >= 0.6 is 34.8 Å². The predicted octanol–water partition coefficient (Wildman–Crippen LogP) is 8.43. The maximum Gasteiger partial charge on any atom is 0.274 e. The summed E-state index contributed by atoms with van der Waals surface area (Å²) in [4.78, 5) is 36.4. The predicted molar refractivity (Wildman–Crippen MR) is 225 cm³/mol. The molecule has 0 aliphatic carbocycles. The van der Waals surface area contributed by atoms with Crippen molar-refractivity contribution in [2.75, 3.05) is 6.61 Å². The third kappa shape index (κ3) is 10.6. The summed E-state index contributed by atoms with van der Waals surface area (Å²) < 4.78 is 55.5. The third-order valence-electron chi connectivity index (χ3n) is 8.79. The lowest BCUT2D eigenvalue weighted by Crippen LogP contribution is -2.25. The largest absolute Gasteiger partial charge is 0.506 e. The van der Waals surface area contributed by atoms with Gasteiger partial charge in [-0.2, -0.15) is 29.3 Å². The maximum absolute atomic E-state index is 14.1. The molecule has 0 aliphatic heterocycles. The minimum Gasteiger partial charge on any atom is -0.506 e. The molecule has 12 nitrogen and oxygen atoms in total. The van der Waals surface area contributed by atoms with E-state index in [1.54, 1.807) is 41.5 Å². The van der Waals surface area contributed by atoms with E-state index in [1.807, 2.05) is 13.8 Å². The molecule has 0 saturated carbocycles. The van der Waals surface area contributed by atoms with Gasteiger partial charge in [-0.05, 0) is 90.3 Å². The van der Waals surface area contributed by atoms with E-state index in [0.717, 1.165) is 55.0 Å². The van der Waals surface area contributed by atoms with Crippen LogP contribution in [0.25, 0.3) is 17.1 Å². The molecular formula is C42H38Cl3F3N6O6. The van der Waals surface area contributed by atoms with Crippen molar-refractivity contribution in [1.29, 1.82) is 0 Å². The lowest BCUT2D eigenvalue weighted by Gasteiger charge is -2.14. The van der Waals surface area contributed by atoms with Crippen LogP contribution in [0.3, 0.4) is 0 Å². The number of hydrogen-bond acceptors (Lipinski definition) is 9. The van der Waals surface area contributed by atoms with Crippen LogP contribution in [0, 0.1) is 71.3 Å². The fraction of sp³-hybridized carbons (Fsp3) is 0.238. The number of hydrogen-bond donors (Lipinski definition) is 1. The van der Waals surface area contributed by atoms with E-state index in [-0.39, 0.29) is 61.9 Å². The van der Waals surface area contributed by atoms with Crippen molar-refractivity contribution in [2.45, 2.75) is 61.5 Å². The number of nitrogens with zero attached hydrogens (tertiary/aromatic N) is 6. The Kier molecular flexibility index (Phi) is 15.4. The molecule has 60 heavy (non-hydrogen) atoms. The van der Waals surface area contributed by atoms with Gasteiger partial charge in [0.25, 0.3) is 16.7 Å². The van der Waals surface area contributed by atoms with Gasteiger partial charge in [0, 0.05) is 34.9 Å². The highest BCUT2D eigenvalue weighted by Gasteiger charge is 2.18. The minimum atomic E-state index is -0.726. The lowest BCUT2D eigenvalue weighted by atomic mass is 10.2. The van der Waals surface area contributed by atoms with Gasteiger partial charge in [-0.25, -0.2) is 13.2 Å². The van der Waals surface area contributed by atoms with Crippen LogP contribution in [0.4, 0.5) is 13.2 Å². The summed E-state index contributed by atoms with van der Waals surface area (Å²) in [7, 11) is 0. The zero-order chi connectivity index (χ0) is 44.7. The Balaban J connectivity index is 0.000000199. The van der Waals surface area contributed by atoms with E-state index in [2.05, 4.69) is 21.2 Å². The zero-order valence-electron chi connectivity index (χ0n) is 33.5. The molecule has 0 atom stereocenters. The van der Waals surface area contributed by atoms with Crippen LogP contribution in [0.2, 0.25) is 15.1 Å². The molecule has 0 amide bonds. The van der Waals surface area contributed by atoms with Crippen molar-refractivity contribution in [3.05, 3.63) is 152 Å². The number of halogens is 6. The van der Waals surface area contributed by atoms with Crippen LogP contribution in [0.5, 0.6) is 17.2 Å². The topological polar surface area (TPSA) is 143 Å². The Bertz CT molecular complexity index is 2820. The van der Waals surface area contributed by atoms with Gasteiger partial charge in [-0.1, -0.05) is 40.7 Å². The Morgan fingerprint density at radius 2 is 0.983 bits per heavy atom. The first-order valence-electron chi connectivity index (χ1n) is 17.7. The number of ether oxygens (including phenoxy) is 2. The summed E-state index contributed by atoms with van der Waals surface area (Å²) in [6.07, 6.45) is 9.46. The molecule has 3 aromatic heterocycles. The first kappa shape index (κ1) is 46.6. The number of phenols is 1. The molecule has 3 aromatic carbocycles. The van der Waals surface area contributed by atoms with Crippen molar-refractivity contribution in [3.63, 3.8) is 0 Å². The summed E-state index contributed by atoms with van der Waals surface area (Å²) in [5.41, 5.74) is 2.32. The second kappa shape index (κ2) is 19.8. The van der Waals surface area contributed by atoms with Gasteiger partial charge in [-0.15, -0.1) is 6.42 Å². The molecule has 6 rings (SSSR count). The van der Waals surface area contributed by atoms with Crippen LogP contribution in [-0.2, 0) is 0 Å². The molecule has 0 aliphatic rings. The number of rotatable bonds is 7. The second-order valence-corrected chi connectivity index (χ2v) is 14.6. The molecule has 314 valence electrons. The van der Waals surface area contributed by atoms with Crippen LogP contribution in [0.15, 0.2) is 69.4 Å². The molecule has 18 heteroatoms. The monoisotopic (exact) mass is 884 g/mol. The quantitative estimate of drug-likeness (QED) is 0.156. The molecule has 0 bridgehead atoms. The molecule has 0 unspecified atom stereocenters. The average Bonchev–Trinajstić information content (AvgIpc) is 3.19. The molecule has 0 radical (unpaired) electrons. The average molecular weight is 886 g/mol. The third-order valence-corrected chi connectivity index (χ3v) is 9.69. The Morgan fingerprint density at radius 1 is 0.633 bits per heavy atom. The number of phenolic OH excluding ortho intramolecular Hbond substituents is 1. The maximum atomic E-state index is 14.1. The number of aromatic nitrogens is 6. The van der Waals surface area contributed by atoms with Crippen LogP contribution in [-0.4, -0.2) is 47.2 Å². The fourth-order valence-electron chi connectivity index (χ4n) is 5.00. The number of benzene rings is 3. The van der Waals surface area contributed by atoms with Gasteiger partial charge >= 0.3 is 0 Å². The van der Waals surface area contributed by atoms with Gasteiger partial charge < -0.3 is 14.6 Å². The summed E-state index contributed by atoms with van der Waals surface area (Å²) in [5.74, 6) is 0.456. The van der Waals surface area contributed by atoms with E-state index in [1.165, 1.54) is 30.7 Å². The molecule has 1 N–H and O–H groups in total. The van der Waals surface area contributed by atoms with Crippen molar-refractivity contribution in [1.82, 2.24) is 29.3 Å². The first-order valence-corrected chi connectivity index (χ1v) is 18.9. The Morgan fingerprint density at radius 3 is 1.37 bits per heavy atom. The van der Waals surface area contributed by atoms with E-state index in [9.17, 15) is 32.7 Å². The van der Waals surface area contributed by atoms with Crippen molar-refractivity contribution < 1.29 is 27.8 Å². The van der Waals surface area contributed by atoms with Gasteiger partial charge in [0.15, 0.2) is 17.5 Å². The minimum absolute atomic E-state index is 0.0138. The van der Waals surface area contributed by atoms with Crippen LogP contribution < -0.4 is 26.2 Å². The van der Waals surface area contributed by atoms with Crippen LogP contribution in [0.1, 0.15) is 47.2 Å². The molecule has 3 heterocycles. The number of aryl methyl sites for hydroxylation is 3. The number of aromatic hydroxyl groups is 1. The SMILES string of the molecule is C#CCOc1cc(-n2ncc(C)c(C)c2=O)c(F)cc1Cl.Cc1cnn(-c2cc(O)c(Cl)cc2F)c(=O)c1C.Cc1cnn(-c2cc(OC(C)C)c(Cl)cc2F)c(=O)c1C. The van der Waals surface area contributed by atoms with Gasteiger partial charge in [0.05, 0.1) is 39.8 Å². The Labute approximate surface area is 357 Å². The molecule has 0 spiro atoms. The lowest BCUT2D eigenvalue weighted by molar-refractivity contribution is 0.242. The first-order chi connectivity index (χ1) is 28.2. The van der Waals surface area contributed by atoms with Gasteiger partial charge in [-0.3, -0.25) is 14.4 Å². The molecule has 6 aromatic rings. The van der Waals surface area contributed by atoms with E-state index in [4.69, 9.17) is 50.7 Å². The smallest absolute Gasteiger partial charge is 0.274 e. The highest BCUT2D eigenvalue weighted by molar-refractivity contribution is 6.32. The summed E-state index contributed by atoms with van der Waals surface area (Å²) >= 11 is 17.4. The summed E-state index contributed by atoms with van der Waals surface area (Å²) in [5, 5.41) is 21.4. The molecule has 0 fully saturated rings. The number of terminal acetylenes is 1. The van der Waals surface area contributed by atoms with E-state index < -0.39 is 28.6 Å².